The maximum absolute atomic E-state index is 12.5. The summed E-state index contributed by atoms with van der Waals surface area (Å²) in [6, 6.07) is 12.7. The molecule has 8 nitrogen and oxygen atoms in total. The molecule has 1 aromatic heterocycles. The second-order valence-electron chi connectivity index (χ2n) is 7.42. The van der Waals surface area contributed by atoms with Crippen LogP contribution in [0.5, 0.6) is 5.88 Å². The number of carbonyl (C=O) groups is 2. The second kappa shape index (κ2) is 8.89. The quantitative estimate of drug-likeness (QED) is 0.808. The van der Waals surface area contributed by atoms with E-state index < -0.39 is 6.09 Å². The molecule has 0 atom stereocenters. The number of nitrogens with one attached hydrogen (secondary N) is 1. The molecule has 0 bridgehead atoms. The number of aromatic nitrogens is 2. The van der Waals surface area contributed by atoms with Crippen LogP contribution in [0.15, 0.2) is 42.5 Å². The van der Waals surface area contributed by atoms with E-state index in [1.54, 1.807) is 12.1 Å². The van der Waals surface area contributed by atoms with Crippen LogP contribution in [0.1, 0.15) is 29.6 Å². The summed E-state index contributed by atoms with van der Waals surface area (Å²) in [5.41, 5.74) is 0.706. The summed E-state index contributed by atoms with van der Waals surface area (Å²) < 4.78 is 5.16. The maximum atomic E-state index is 12.5. The molecular weight excluding hydrogens is 370 g/mol. The molecule has 0 unspecified atom stereocenters. The Morgan fingerprint density at radius 1 is 1.00 bits per heavy atom. The SMILES string of the molecule is O=C(NCCC1CC1)Oc1ccc(N2CCN(C(=O)c3ccccc3)CC2)nn1. The van der Waals surface area contributed by atoms with Crippen molar-refractivity contribution in [2.75, 3.05) is 37.6 Å². The number of benzene rings is 1. The minimum absolute atomic E-state index is 0.0489. The summed E-state index contributed by atoms with van der Waals surface area (Å²) in [4.78, 5) is 28.2. The lowest BCUT2D eigenvalue weighted by molar-refractivity contribution is 0.0746. The lowest BCUT2D eigenvalue weighted by Gasteiger charge is -2.35. The largest absolute Gasteiger partial charge is 0.413 e. The number of nitrogens with zero attached hydrogens (tertiary/aromatic N) is 4. The molecule has 1 saturated heterocycles. The molecule has 8 heteroatoms. The van der Waals surface area contributed by atoms with Crippen LogP contribution in [0.3, 0.4) is 0 Å². The van der Waals surface area contributed by atoms with E-state index in [1.807, 2.05) is 35.2 Å². The molecule has 1 N–H and O–H groups in total. The van der Waals surface area contributed by atoms with Crippen molar-refractivity contribution in [3.05, 3.63) is 48.0 Å². The predicted octanol–water partition coefficient (Wildman–Crippen LogP) is 2.33. The van der Waals surface area contributed by atoms with Gasteiger partial charge >= 0.3 is 6.09 Å². The molecule has 2 heterocycles. The smallest absolute Gasteiger partial charge is 0.390 e. The van der Waals surface area contributed by atoms with Crippen LogP contribution >= 0.6 is 0 Å². The first-order chi connectivity index (χ1) is 14.2. The Hall–Kier alpha value is -3.16. The predicted molar refractivity (Wildman–Crippen MR) is 108 cm³/mol. The summed E-state index contributed by atoms with van der Waals surface area (Å²) in [6.45, 7) is 3.22. The number of piperazine rings is 1. The minimum Gasteiger partial charge on any atom is -0.390 e. The number of amides is 2. The van der Waals surface area contributed by atoms with Gasteiger partial charge in [-0.3, -0.25) is 4.79 Å². The van der Waals surface area contributed by atoms with Gasteiger partial charge in [0, 0.05) is 44.4 Å². The number of hydrogen-bond donors (Lipinski definition) is 1. The van der Waals surface area contributed by atoms with Crippen molar-refractivity contribution in [2.24, 2.45) is 5.92 Å². The zero-order valence-corrected chi connectivity index (χ0v) is 16.3. The van der Waals surface area contributed by atoms with Gasteiger partial charge in [0.15, 0.2) is 5.82 Å². The summed E-state index contributed by atoms with van der Waals surface area (Å²) in [5.74, 6) is 1.69. The average Bonchev–Trinajstić information content (AvgIpc) is 3.59. The van der Waals surface area contributed by atoms with Crippen LogP contribution in [0, 0.1) is 5.92 Å². The van der Waals surface area contributed by atoms with Gasteiger partial charge in [-0.05, 0) is 30.5 Å². The number of rotatable bonds is 6. The minimum atomic E-state index is -0.499. The third-order valence-electron chi connectivity index (χ3n) is 5.25. The summed E-state index contributed by atoms with van der Waals surface area (Å²) >= 11 is 0. The molecule has 2 aliphatic rings. The lowest BCUT2D eigenvalue weighted by Crippen LogP contribution is -2.49. The van der Waals surface area contributed by atoms with Crippen molar-refractivity contribution in [3.63, 3.8) is 0 Å². The van der Waals surface area contributed by atoms with Gasteiger partial charge in [0.1, 0.15) is 0 Å². The molecule has 1 saturated carbocycles. The number of ether oxygens (including phenoxy) is 1. The van der Waals surface area contributed by atoms with E-state index in [0.717, 1.165) is 12.3 Å². The number of hydrogen-bond acceptors (Lipinski definition) is 6. The summed E-state index contributed by atoms with van der Waals surface area (Å²) in [5, 5.41) is 10.9. The van der Waals surface area contributed by atoms with Crippen molar-refractivity contribution >= 4 is 17.8 Å². The van der Waals surface area contributed by atoms with Crippen molar-refractivity contribution < 1.29 is 14.3 Å². The Morgan fingerprint density at radius 3 is 2.41 bits per heavy atom. The fourth-order valence-corrected chi connectivity index (χ4v) is 3.35. The molecule has 1 aromatic carbocycles. The first-order valence-electron chi connectivity index (χ1n) is 10.1. The van der Waals surface area contributed by atoms with Gasteiger partial charge in [-0.1, -0.05) is 31.0 Å². The Labute approximate surface area is 169 Å². The lowest BCUT2D eigenvalue weighted by atomic mass is 10.2. The van der Waals surface area contributed by atoms with E-state index in [4.69, 9.17) is 4.74 Å². The summed E-state index contributed by atoms with van der Waals surface area (Å²) in [7, 11) is 0. The Balaban J connectivity index is 1.24. The Kier molecular flexibility index (Phi) is 5.88. The first-order valence-corrected chi connectivity index (χ1v) is 10.1. The molecule has 152 valence electrons. The van der Waals surface area contributed by atoms with Crippen molar-refractivity contribution in [3.8, 4) is 5.88 Å². The van der Waals surface area contributed by atoms with Gasteiger partial charge in [-0.2, -0.15) is 0 Å². The number of carbonyl (C=O) groups excluding carboxylic acids is 2. The molecule has 0 spiro atoms. The van der Waals surface area contributed by atoms with Crippen molar-refractivity contribution in [1.29, 1.82) is 0 Å². The van der Waals surface area contributed by atoms with E-state index in [1.165, 1.54) is 12.8 Å². The zero-order chi connectivity index (χ0) is 20.1. The first kappa shape index (κ1) is 19.2. The molecule has 4 rings (SSSR count). The van der Waals surface area contributed by atoms with Crippen molar-refractivity contribution in [2.45, 2.75) is 19.3 Å². The van der Waals surface area contributed by atoms with Crippen LogP contribution in [0.2, 0.25) is 0 Å². The van der Waals surface area contributed by atoms with Crippen LogP contribution < -0.4 is 15.0 Å². The second-order valence-corrected chi connectivity index (χ2v) is 7.42. The highest BCUT2D eigenvalue weighted by Gasteiger charge is 2.23. The third-order valence-corrected chi connectivity index (χ3v) is 5.25. The molecule has 2 aromatic rings. The maximum Gasteiger partial charge on any atom is 0.413 e. The Morgan fingerprint density at radius 2 is 1.76 bits per heavy atom. The highest BCUT2D eigenvalue weighted by Crippen LogP contribution is 2.31. The van der Waals surface area contributed by atoms with Gasteiger partial charge in [0.05, 0.1) is 0 Å². The van der Waals surface area contributed by atoms with E-state index in [2.05, 4.69) is 20.4 Å². The zero-order valence-electron chi connectivity index (χ0n) is 16.3. The molecule has 29 heavy (non-hydrogen) atoms. The fourth-order valence-electron chi connectivity index (χ4n) is 3.35. The molecular formula is C21H25N5O3. The average molecular weight is 395 g/mol. The van der Waals surface area contributed by atoms with Crippen LogP contribution in [-0.2, 0) is 0 Å². The van der Waals surface area contributed by atoms with Crippen LogP contribution in [-0.4, -0.2) is 59.8 Å². The van der Waals surface area contributed by atoms with Crippen LogP contribution in [0.4, 0.5) is 10.6 Å². The highest BCUT2D eigenvalue weighted by molar-refractivity contribution is 5.94. The van der Waals surface area contributed by atoms with Gasteiger partial charge in [-0.15, -0.1) is 10.2 Å². The van der Waals surface area contributed by atoms with Crippen molar-refractivity contribution in [1.82, 2.24) is 20.4 Å². The van der Waals surface area contributed by atoms with Gasteiger partial charge in [0.25, 0.3) is 5.91 Å². The monoisotopic (exact) mass is 395 g/mol. The molecule has 1 aliphatic carbocycles. The van der Waals surface area contributed by atoms with E-state index in [0.29, 0.717) is 44.1 Å². The van der Waals surface area contributed by atoms with E-state index in [-0.39, 0.29) is 11.8 Å². The number of anilines is 1. The van der Waals surface area contributed by atoms with E-state index in [9.17, 15) is 9.59 Å². The molecule has 2 amide bonds. The van der Waals surface area contributed by atoms with E-state index >= 15 is 0 Å². The standard InChI is InChI=1S/C21H25N5O3/c27-20(17-4-2-1-3-5-17)26-14-12-25(13-15-26)18-8-9-19(24-23-18)29-21(28)22-11-10-16-6-7-16/h1-5,8-9,16H,6-7,10-15H2,(H,22,28). The fraction of sp³-hybridized carbons (Fsp3) is 0.429. The summed E-state index contributed by atoms with van der Waals surface area (Å²) in [6.07, 6.45) is 3.02. The molecule has 2 fully saturated rings. The molecule has 1 aliphatic heterocycles. The third kappa shape index (κ3) is 5.22. The van der Waals surface area contributed by atoms with Gasteiger partial charge in [-0.25, -0.2) is 4.79 Å². The van der Waals surface area contributed by atoms with Gasteiger partial charge < -0.3 is 19.9 Å². The normalized spacial score (nSPS) is 16.4. The van der Waals surface area contributed by atoms with Gasteiger partial charge in [0.2, 0.25) is 5.88 Å². The highest BCUT2D eigenvalue weighted by atomic mass is 16.6. The molecule has 0 radical (unpaired) electrons. The topological polar surface area (TPSA) is 87.7 Å². The Bertz CT molecular complexity index is 831. The van der Waals surface area contributed by atoms with Crippen LogP contribution in [0.25, 0.3) is 0 Å².